The van der Waals surface area contributed by atoms with Gasteiger partial charge in [-0.15, -0.1) is 0 Å². The van der Waals surface area contributed by atoms with Gasteiger partial charge in [-0.3, -0.25) is 0 Å². The van der Waals surface area contributed by atoms with E-state index in [4.69, 9.17) is 4.74 Å². The number of allylic oxidation sites excluding steroid dienone is 5. The summed E-state index contributed by atoms with van der Waals surface area (Å²) in [6.07, 6.45) is 13.2. The van der Waals surface area contributed by atoms with Gasteiger partial charge in [0.25, 0.3) is 0 Å². The maximum absolute atomic E-state index is 6.69. The van der Waals surface area contributed by atoms with Crippen molar-refractivity contribution in [2.45, 2.75) is 64.9 Å². The van der Waals surface area contributed by atoms with Crippen molar-refractivity contribution in [3.63, 3.8) is 0 Å². The van der Waals surface area contributed by atoms with Crippen LogP contribution >= 0.6 is 11.8 Å². The van der Waals surface area contributed by atoms with E-state index < -0.39 is 0 Å². The summed E-state index contributed by atoms with van der Waals surface area (Å²) in [5, 5.41) is 0. The van der Waals surface area contributed by atoms with E-state index in [1.165, 1.54) is 14.4 Å². The molecule has 0 saturated carbocycles. The van der Waals surface area contributed by atoms with E-state index in [2.05, 4.69) is 92.4 Å². The number of halogens is 2. The second-order valence-corrected chi connectivity index (χ2v) is 10.2. The molecule has 0 aromatic rings. The molecule has 0 saturated heterocycles. The Kier molecular flexibility index (Phi) is 9.18. The molecular formula is C19H27Cl2OSTi. The third kappa shape index (κ3) is 6.07. The molecule has 24 heavy (non-hydrogen) atoms. The predicted octanol–water partition coefficient (Wildman–Crippen LogP) is -0.110. The quantitative estimate of drug-likeness (QED) is 0.464. The topological polar surface area (TPSA) is 9.23 Å². The summed E-state index contributed by atoms with van der Waals surface area (Å²) in [4.78, 5) is 1.06. The van der Waals surface area contributed by atoms with Crippen molar-refractivity contribution in [3.8, 4) is 0 Å². The third-order valence-electron chi connectivity index (χ3n) is 3.64. The molecule has 0 N–H and O–H groups in total. The molecule has 133 valence electrons. The fourth-order valence-corrected chi connectivity index (χ4v) is 5.15. The van der Waals surface area contributed by atoms with Crippen LogP contribution in [0, 0.1) is 5.41 Å². The van der Waals surface area contributed by atoms with Crippen molar-refractivity contribution < 1.29 is 50.0 Å². The van der Waals surface area contributed by atoms with Crippen molar-refractivity contribution in [1.82, 2.24) is 0 Å². The van der Waals surface area contributed by atoms with Gasteiger partial charge in [0, 0.05) is 0 Å². The van der Waals surface area contributed by atoms with Crippen molar-refractivity contribution in [1.29, 1.82) is 0 Å². The summed E-state index contributed by atoms with van der Waals surface area (Å²) >= 11 is 4.13. The third-order valence-corrected chi connectivity index (χ3v) is 6.06. The average Bonchev–Trinajstić information content (AvgIpc) is 2.71. The molecule has 1 unspecified atom stereocenters. The van der Waals surface area contributed by atoms with Crippen LogP contribution in [-0.2, 0) is 25.2 Å². The Labute approximate surface area is 176 Å². The molecule has 0 bridgehead atoms. The second kappa shape index (κ2) is 8.97. The second-order valence-electron chi connectivity index (χ2n) is 7.98. The molecule has 5 heteroatoms. The van der Waals surface area contributed by atoms with E-state index in [-0.39, 0.29) is 40.8 Å². The van der Waals surface area contributed by atoms with Gasteiger partial charge in [0.2, 0.25) is 0 Å². The van der Waals surface area contributed by atoms with Crippen molar-refractivity contribution >= 4 is 11.8 Å². The average molecular weight is 422 g/mol. The molecule has 1 atom stereocenters. The molecule has 0 heterocycles. The van der Waals surface area contributed by atoms with Crippen LogP contribution in [-0.4, -0.2) is 10.5 Å². The van der Waals surface area contributed by atoms with Gasteiger partial charge >= 0.3 is 152 Å². The molecule has 0 radical (unpaired) electrons. The molecule has 0 aromatic carbocycles. The maximum Gasteiger partial charge on any atom is -1.00 e. The SMILES string of the molecule is CC(C)(C)OC1(SC2=[C]([Ti+2])CC=C2)CC=CC=C1C(C)(C)C.[Cl-].[Cl-]. The number of hydrogen-bond acceptors (Lipinski definition) is 2. The molecule has 0 spiro atoms. The minimum absolute atomic E-state index is 0. The molecule has 2 rings (SSSR count). The number of hydrogen-bond donors (Lipinski definition) is 0. The summed E-state index contributed by atoms with van der Waals surface area (Å²) in [5.74, 6) is 0. The molecule has 0 amide bonds. The fourth-order valence-electron chi connectivity index (χ4n) is 2.91. The van der Waals surface area contributed by atoms with Crippen LogP contribution in [0.1, 0.15) is 54.4 Å². The van der Waals surface area contributed by atoms with Crippen LogP contribution in [0.5, 0.6) is 0 Å². The minimum Gasteiger partial charge on any atom is -1.00 e. The number of ether oxygens (including phenoxy) is 1. The molecule has 0 aliphatic heterocycles. The molecule has 2 aliphatic rings. The zero-order chi connectivity index (χ0) is 16.6. The number of rotatable bonds is 3. The first-order valence-electron chi connectivity index (χ1n) is 7.92. The summed E-state index contributed by atoms with van der Waals surface area (Å²) < 4.78 is 8.14. The largest absolute Gasteiger partial charge is 1.00 e. The van der Waals surface area contributed by atoms with Gasteiger partial charge in [-0.1, -0.05) is 0 Å². The normalized spacial score (nSPS) is 23.8. The van der Waals surface area contributed by atoms with E-state index >= 15 is 0 Å². The van der Waals surface area contributed by atoms with E-state index in [1.54, 1.807) is 0 Å². The minimum atomic E-state index is -0.309. The first-order valence-corrected chi connectivity index (χ1v) is 9.51. The van der Waals surface area contributed by atoms with Crippen LogP contribution < -0.4 is 24.8 Å². The predicted molar refractivity (Wildman–Crippen MR) is 93.2 cm³/mol. The Hall–Kier alpha value is 0.564. The fraction of sp³-hybridized carbons (Fsp3) is 0.579. The van der Waals surface area contributed by atoms with E-state index in [0.29, 0.717) is 0 Å². The molecule has 0 fully saturated rings. The van der Waals surface area contributed by atoms with Gasteiger partial charge in [0.15, 0.2) is 0 Å². The van der Waals surface area contributed by atoms with Crippen LogP contribution in [0.15, 0.2) is 44.7 Å². The Morgan fingerprint density at radius 3 is 2.17 bits per heavy atom. The summed E-state index contributed by atoms with van der Waals surface area (Å²) in [6, 6.07) is 0. The Balaban J connectivity index is 0.00000264. The molecule has 1 nitrogen and oxygen atoms in total. The van der Waals surface area contributed by atoms with Gasteiger partial charge in [-0.25, -0.2) is 0 Å². The van der Waals surface area contributed by atoms with E-state index in [1.807, 2.05) is 11.8 Å². The van der Waals surface area contributed by atoms with E-state index in [9.17, 15) is 0 Å². The van der Waals surface area contributed by atoms with Gasteiger partial charge in [0.1, 0.15) is 0 Å². The first kappa shape index (κ1) is 24.6. The van der Waals surface area contributed by atoms with Crippen molar-refractivity contribution in [3.05, 3.63) is 44.7 Å². The van der Waals surface area contributed by atoms with Gasteiger partial charge in [-0.2, -0.15) is 0 Å². The van der Waals surface area contributed by atoms with Crippen LogP contribution in [0.3, 0.4) is 0 Å². The molecule has 2 aliphatic carbocycles. The van der Waals surface area contributed by atoms with Crippen LogP contribution in [0.2, 0.25) is 0 Å². The summed E-state index contributed by atoms with van der Waals surface area (Å²) in [6.45, 7) is 13.3. The van der Waals surface area contributed by atoms with Crippen LogP contribution in [0.4, 0.5) is 0 Å². The molecular weight excluding hydrogens is 395 g/mol. The Morgan fingerprint density at radius 1 is 1.08 bits per heavy atom. The van der Waals surface area contributed by atoms with Gasteiger partial charge < -0.3 is 24.8 Å². The smallest absolute Gasteiger partial charge is 1.00 e. The van der Waals surface area contributed by atoms with E-state index in [0.717, 1.165) is 12.8 Å². The zero-order valence-corrected chi connectivity index (χ0v) is 19.3. The first-order chi connectivity index (χ1) is 10.0. The summed E-state index contributed by atoms with van der Waals surface area (Å²) in [7, 11) is 0. The Bertz CT molecular complexity index is 565. The maximum atomic E-state index is 6.69. The van der Waals surface area contributed by atoms with Crippen LogP contribution in [0.25, 0.3) is 0 Å². The summed E-state index contributed by atoms with van der Waals surface area (Å²) in [5.41, 5.74) is 1.28. The zero-order valence-electron chi connectivity index (χ0n) is 15.4. The van der Waals surface area contributed by atoms with Crippen molar-refractivity contribution in [2.24, 2.45) is 5.41 Å². The monoisotopic (exact) mass is 421 g/mol. The molecule has 0 aromatic heterocycles. The Morgan fingerprint density at radius 2 is 1.71 bits per heavy atom. The number of thioether (sulfide) groups is 1. The van der Waals surface area contributed by atoms with Gasteiger partial charge in [0.05, 0.1) is 0 Å². The standard InChI is InChI=1S/C19H27OS.2ClH.Ti/c1-17(2,3)16-13-9-10-14-19(16,20-18(4,5)6)21-15-11-7-8-12-15;;;/h7,9-11,13H,8,14H2,1-6H3;2*1H;/q;;;+2/p-2. The van der Waals surface area contributed by atoms with Gasteiger partial charge in [-0.05, 0) is 0 Å². The van der Waals surface area contributed by atoms with Crippen molar-refractivity contribution in [2.75, 3.05) is 0 Å².